The molecule has 12 aromatic rings. The second-order valence-corrected chi connectivity index (χ2v) is 15.6. The minimum atomic E-state index is 1.16. The van der Waals surface area contributed by atoms with Crippen molar-refractivity contribution in [1.29, 1.82) is 0 Å². The summed E-state index contributed by atoms with van der Waals surface area (Å²) in [7, 11) is 0. The van der Waals surface area contributed by atoms with Crippen molar-refractivity contribution in [2.24, 2.45) is 0 Å². The number of hydrogen-bond donors (Lipinski definition) is 0. The molecule has 256 valence electrons. The summed E-state index contributed by atoms with van der Waals surface area (Å²) in [6.45, 7) is 0. The van der Waals surface area contributed by atoms with Gasteiger partial charge in [0.1, 0.15) is 0 Å². The highest BCUT2D eigenvalue weighted by Gasteiger charge is 2.18. The van der Waals surface area contributed by atoms with E-state index in [-0.39, 0.29) is 0 Å². The third-order valence-corrected chi connectivity index (χ3v) is 12.6. The maximum Gasteiger partial charge on any atom is 0.0555 e. The molecule has 0 saturated heterocycles. The molecule has 0 bridgehead atoms. The fourth-order valence-electron chi connectivity index (χ4n) is 8.96. The SMILES string of the molecule is c1ccc2cc(-c3ccc(-n4c5ccccc5c5cc(-c6ccc7c(c6)c6ccccc6n7-c6cccc7sc8ccccc8c67)ccc54)cc3)ccc2c1. The van der Waals surface area contributed by atoms with E-state index >= 15 is 0 Å². The first kappa shape index (κ1) is 30.5. The highest BCUT2D eigenvalue weighted by Crippen LogP contribution is 2.42. The molecule has 9 aromatic carbocycles. The van der Waals surface area contributed by atoms with Gasteiger partial charge in [0.2, 0.25) is 0 Å². The summed E-state index contributed by atoms with van der Waals surface area (Å²) in [5, 5.41) is 10.2. The van der Waals surface area contributed by atoms with Crippen LogP contribution in [0.15, 0.2) is 194 Å². The highest BCUT2D eigenvalue weighted by molar-refractivity contribution is 7.25. The molecule has 0 radical (unpaired) electrons. The Kier molecular flexibility index (Phi) is 6.54. The summed E-state index contributed by atoms with van der Waals surface area (Å²) < 4.78 is 7.51. The molecular weight excluding hydrogens is 685 g/mol. The van der Waals surface area contributed by atoms with Crippen molar-refractivity contribution in [3.05, 3.63) is 194 Å². The van der Waals surface area contributed by atoms with Gasteiger partial charge in [-0.25, -0.2) is 0 Å². The lowest BCUT2D eigenvalue weighted by molar-refractivity contribution is 1.18. The van der Waals surface area contributed by atoms with Crippen molar-refractivity contribution in [3.63, 3.8) is 0 Å². The second-order valence-electron chi connectivity index (χ2n) is 14.5. The lowest BCUT2D eigenvalue weighted by atomic mass is 10.0. The number of benzene rings is 9. The van der Waals surface area contributed by atoms with Gasteiger partial charge in [0, 0.05) is 47.4 Å². The van der Waals surface area contributed by atoms with E-state index in [2.05, 4.69) is 203 Å². The fraction of sp³-hybridized carbons (Fsp3) is 0. The summed E-state index contributed by atoms with van der Waals surface area (Å²) in [4.78, 5) is 0. The van der Waals surface area contributed by atoms with Gasteiger partial charge in [-0.15, -0.1) is 11.3 Å². The Hall–Kier alpha value is -6.94. The van der Waals surface area contributed by atoms with E-state index in [1.165, 1.54) is 102 Å². The van der Waals surface area contributed by atoms with E-state index in [9.17, 15) is 0 Å². The highest BCUT2D eigenvalue weighted by atomic mass is 32.1. The van der Waals surface area contributed by atoms with Crippen molar-refractivity contribution in [1.82, 2.24) is 9.13 Å². The van der Waals surface area contributed by atoms with Gasteiger partial charge in [0.15, 0.2) is 0 Å². The van der Waals surface area contributed by atoms with Gasteiger partial charge >= 0.3 is 0 Å². The molecule has 12 rings (SSSR count). The van der Waals surface area contributed by atoms with Crippen molar-refractivity contribution in [2.45, 2.75) is 0 Å². The topological polar surface area (TPSA) is 9.86 Å². The zero-order valence-electron chi connectivity index (χ0n) is 29.8. The molecule has 3 heteroatoms. The van der Waals surface area contributed by atoms with E-state index in [1.807, 2.05) is 11.3 Å². The van der Waals surface area contributed by atoms with Crippen LogP contribution in [0.2, 0.25) is 0 Å². The quantitative estimate of drug-likeness (QED) is 0.172. The molecular formula is C52H32N2S. The largest absolute Gasteiger partial charge is 0.309 e. The third kappa shape index (κ3) is 4.60. The van der Waals surface area contributed by atoms with Crippen LogP contribution in [-0.2, 0) is 0 Å². The van der Waals surface area contributed by atoms with E-state index in [0.29, 0.717) is 0 Å². The molecule has 0 aliphatic carbocycles. The lowest BCUT2D eigenvalue weighted by Crippen LogP contribution is -1.94. The minimum absolute atomic E-state index is 1.16. The third-order valence-electron chi connectivity index (χ3n) is 11.5. The summed E-state index contributed by atoms with van der Waals surface area (Å²) in [5.74, 6) is 0. The molecule has 0 aliphatic rings. The summed E-state index contributed by atoms with van der Waals surface area (Å²) in [6, 6.07) is 71.5. The van der Waals surface area contributed by atoms with Gasteiger partial charge in [-0.1, -0.05) is 121 Å². The number of rotatable bonds is 4. The second kappa shape index (κ2) is 11.8. The van der Waals surface area contributed by atoms with Gasteiger partial charge < -0.3 is 9.13 Å². The fourth-order valence-corrected chi connectivity index (χ4v) is 10.1. The molecule has 0 fully saturated rings. The monoisotopic (exact) mass is 716 g/mol. The van der Waals surface area contributed by atoms with Gasteiger partial charge in [0.25, 0.3) is 0 Å². The van der Waals surface area contributed by atoms with Crippen LogP contribution < -0.4 is 0 Å². The van der Waals surface area contributed by atoms with Crippen LogP contribution in [0.5, 0.6) is 0 Å². The number of thiophene rings is 1. The number of aromatic nitrogens is 2. The Balaban J connectivity index is 0.992. The number of hydrogen-bond acceptors (Lipinski definition) is 1. The molecule has 0 saturated carbocycles. The Morgan fingerprint density at radius 3 is 1.58 bits per heavy atom. The molecule has 55 heavy (non-hydrogen) atoms. The Bertz CT molecular complexity index is 3490. The van der Waals surface area contributed by atoms with E-state index in [4.69, 9.17) is 0 Å². The van der Waals surface area contributed by atoms with Crippen LogP contribution >= 0.6 is 11.3 Å². The standard InChI is InChI=1S/C52H32N2S/c1-2-11-35-30-36(21-20-33(35)10-1)34-22-26-39(27-23-34)53-45-15-6-3-12-40(45)43-31-37(24-28-47(43)53)38-25-29-48-44(32-38)41-13-4-7-16-46(41)54(48)49-17-9-19-51-52(49)42-14-5-8-18-50(42)55-51/h1-32H. The molecule has 0 atom stereocenters. The minimum Gasteiger partial charge on any atom is -0.309 e. The molecule has 0 N–H and O–H groups in total. The Morgan fingerprint density at radius 1 is 0.309 bits per heavy atom. The molecule has 2 nitrogen and oxygen atoms in total. The van der Waals surface area contributed by atoms with Crippen molar-refractivity contribution < 1.29 is 0 Å². The van der Waals surface area contributed by atoms with Gasteiger partial charge in [-0.3, -0.25) is 0 Å². The van der Waals surface area contributed by atoms with E-state index < -0.39 is 0 Å². The van der Waals surface area contributed by atoms with Gasteiger partial charge in [-0.05, 0) is 106 Å². The maximum atomic E-state index is 2.47. The molecule has 0 spiro atoms. The zero-order chi connectivity index (χ0) is 36.0. The van der Waals surface area contributed by atoms with Crippen LogP contribution in [-0.4, -0.2) is 9.13 Å². The van der Waals surface area contributed by atoms with E-state index in [0.717, 1.165) is 5.69 Å². The Morgan fingerprint density at radius 2 is 0.836 bits per heavy atom. The normalized spacial score (nSPS) is 12.0. The van der Waals surface area contributed by atoms with Crippen molar-refractivity contribution in [2.75, 3.05) is 0 Å². The summed E-state index contributed by atoms with van der Waals surface area (Å²) in [5.41, 5.74) is 12.1. The molecule has 3 heterocycles. The van der Waals surface area contributed by atoms with Gasteiger partial charge in [-0.2, -0.15) is 0 Å². The molecule has 0 aliphatic heterocycles. The van der Waals surface area contributed by atoms with Gasteiger partial charge in [0.05, 0.1) is 27.8 Å². The van der Waals surface area contributed by atoms with Crippen LogP contribution in [0.1, 0.15) is 0 Å². The molecule has 0 unspecified atom stereocenters. The predicted octanol–water partition coefficient (Wildman–Crippen LogP) is 14.7. The van der Waals surface area contributed by atoms with Crippen LogP contribution in [0, 0.1) is 0 Å². The first-order chi connectivity index (χ1) is 27.3. The summed E-state index contributed by atoms with van der Waals surface area (Å²) in [6.07, 6.45) is 0. The first-order valence-corrected chi connectivity index (χ1v) is 19.7. The average Bonchev–Trinajstić information content (AvgIpc) is 3.91. The first-order valence-electron chi connectivity index (χ1n) is 18.8. The molecule has 0 amide bonds. The summed E-state index contributed by atoms with van der Waals surface area (Å²) >= 11 is 1.87. The number of nitrogens with zero attached hydrogens (tertiary/aromatic N) is 2. The van der Waals surface area contributed by atoms with Crippen molar-refractivity contribution >= 4 is 85.9 Å². The zero-order valence-corrected chi connectivity index (χ0v) is 30.6. The van der Waals surface area contributed by atoms with Crippen LogP contribution in [0.4, 0.5) is 0 Å². The predicted molar refractivity (Wildman–Crippen MR) is 236 cm³/mol. The number of fused-ring (bicyclic) bond motifs is 10. The lowest BCUT2D eigenvalue weighted by Gasteiger charge is -2.11. The maximum absolute atomic E-state index is 2.47. The average molecular weight is 717 g/mol. The number of para-hydroxylation sites is 2. The molecule has 3 aromatic heterocycles. The van der Waals surface area contributed by atoms with E-state index in [1.54, 1.807) is 0 Å². The van der Waals surface area contributed by atoms with Crippen LogP contribution in [0.3, 0.4) is 0 Å². The van der Waals surface area contributed by atoms with Crippen LogP contribution in [0.25, 0.3) is 108 Å². The van der Waals surface area contributed by atoms with Crippen molar-refractivity contribution in [3.8, 4) is 33.6 Å². The Labute approximate surface area is 321 Å². The smallest absolute Gasteiger partial charge is 0.0555 e.